The lowest BCUT2D eigenvalue weighted by Gasteiger charge is -2.25. The number of anilines is 1. The summed E-state index contributed by atoms with van der Waals surface area (Å²) in [5, 5.41) is 4.11. The quantitative estimate of drug-likeness (QED) is 0.248. The lowest BCUT2D eigenvalue weighted by atomic mass is 10.1. The summed E-state index contributed by atoms with van der Waals surface area (Å²) in [6, 6.07) is 24.3. The molecule has 6 nitrogen and oxygen atoms in total. The highest BCUT2D eigenvalue weighted by Gasteiger charge is 2.15. The first-order chi connectivity index (χ1) is 16.7. The summed E-state index contributed by atoms with van der Waals surface area (Å²) in [6.07, 6.45) is 4.80. The molecule has 0 fully saturated rings. The molecule has 2 aromatic carbocycles. The minimum Gasteiger partial charge on any atom is -0.360 e. The largest absolute Gasteiger partial charge is 0.360 e. The smallest absolute Gasteiger partial charge is 0.173 e. The predicted molar refractivity (Wildman–Crippen MR) is 142 cm³/mol. The molecule has 7 heteroatoms. The molecule has 0 spiro atoms. The molecule has 0 aliphatic carbocycles. The SMILES string of the molecule is CCCN(Cc1ccccc1)C(=S)Nc1ccc2nc(-c3ccc[nH]3)c(-c3ccc[nH]3)nc2c1. The number of fused-ring (bicyclic) bond motifs is 1. The van der Waals surface area contributed by atoms with Gasteiger partial charge in [0.1, 0.15) is 11.4 Å². The van der Waals surface area contributed by atoms with E-state index in [0.29, 0.717) is 5.11 Å². The summed E-state index contributed by atoms with van der Waals surface area (Å²) in [4.78, 5) is 18.6. The molecule has 0 aliphatic rings. The average Bonchev–Trinajstić information content (AvgIpc) is 3.58. The Morgan fingerprint density at radius 3 is 2.15 bits per heavy atom. The maximum Gasteiger partial charge on any atom is 0.173 e. The molecule has 3 N–H and O–H groups in total. The number of nitrogens with one attached hydrogen (secondary N) is 3. The second-order valence-corrected chi connectivity index (χ2v) is 8.52. The van der Waals surface area contributed by atoms with Gasteiger partial charge < -0.3 is 20.2 Å². The summed E-state index contributed by atoms with van der Waals surface area (Å²) in [6.45, 7) is 3.81. The first-order valence-corrected chi connectivity index (χ1v) is 11.8. The minimum atomic E-state index is 0.700. The molecular formula is C27H26N6S. The van der Waals surface area contributed by atoms with Gasteiger partial charge in [0, 0.05) is 31.2 Å². The van der Waals surface area contributed by atoms with Crippen LogP contribution in [0.5, 0.6) is 0 Å². The second-order valence-electron chi connectivity index (χ2n) is 8.13. The normalized spacial score (nSPS) is 11.0. The average molecular weight is 467 g/mol. The van der Waals surface area contributed by atoms with Crippen molar-refractivity contribution < 1.29 is 0 Å². The fraction of sp³-hybridized carbons (Fsp3) is 0.148. The summed E-state index contributed by atoms with van der Waals surface area (Å²) in [5.74, 6) is 0. The van der Waals surface area contributed by atoms with Crippen LogP contribution in [0.25, 0.3) is 33.8 Å². The van der Waals surface area contributed by atoms with Crippen LogP contribution < -0.4 is 5.32 Å². The number of nitrogens with zero attached hydrogens (tertiary/aromatic N) is 3. The summed E-state index contributed by atoms with van der Waals surface area (Å²) >= 11 is 5.78. The van der Waals surface area contributed by atoms with Crippen LogP contribution in [0, 0.1) is 0 Å². The van der Waals surface area contributed by atoms with Gasteiger partial charge in [0.15, 0.2) is 5.11 Å². The molecule has 0 saturated carbocycles. The fourth-order valence-corrected chi connectivity index (χ4v) is 4.27. The molecule has 0 unspecified atom stereocenters. The van der Waals surface area contributed by atoms with Gasteiger partial charge in [0.2, 0.25) is 0 Å². The van der Waals surface area contributed by atoms with Crippen molar-refractivity contribution in [2.45, 2.75) is 19.9 Å². The Bertz CT molecular complexity index is 1380. The van der Waals surface area contributed by atoms with E-state index in [4.69, 9.17) is 22.2 Å². The highest BCUT2D eigenvalue weighted by atomic mass is 32.1. The third kappa shape index (κ3) is 4.70. The Balaban J connectivity index is 1.45. The summed E-state index contributed by atoms with van der Waals surface area (Å²) in [7, 11) is 0. The van der Waals surface area contributed by atoms with Crippen molar-refractivity contribution in [2.75, 3.05) is 11.9 Å². The zero-order valence-corrected chi connectivity index (χ0v) is 19.8. The van der Waals surface area contributed by atoms with E-state index < -0.39 is 0 Å². The third-order valence-electron chi connectivity index (χ3n) is 5.62. The Labute approximate surface area is 204 Å². The van der Waals surface area contributed by atoms with Crippen molar-refractivity contribution in [1.82, 2.24) is 24.8 Å². The first-order valence-electron chi connectivity index (χ1n) is 11.4. The number of hydrogen-bond donors (Lipinski definition) is 3. The van der Waals surface area contributed by atoms with Gasteiger partial charge in [-0.15, -0.1) is 0 Å². The van der Waals surface area contributed by atoms with Gasteiger partial charge in [0.05, 0.1) is 22.4 Å². The molecule has 34 heavy (non-hydrogen) atoms. The molecule has 5 rings (SSSR count). The number of benzene rings is 2. The molecular weight excluding hydrogens is 440 g/mol. The molecule has 5 aromatic rings. The highest BCUT2D eigenvalue weighted by molar-refractivity contribution is 7.80. The van der Waals surface area contributed by atoms with E-state index in [1.807, 2.05) is 60.9 Å². The van der Waals surface area contributed by atoms with Crippen LogP contribution in [0.4, 0.5) is 5.69 Å². The third-order valence-corrected chi connectivity index (χ3v) is 5.98. The van der Waals surface area contributed by atoms with Gasteiger partial charge in [-0.2, -0.15) is 0 Å². The second kappa shape index (κ2) is 9.89. The topological polar surface area (TPSA) is 72.6 Å². The van der Waals surface area contributed by atoms with Crippen LogP contribution >= 0.6 is 12.2 Å². The van der Waals surface area contributed by atoms with Crippen molar-refractivity contribution in [3.05, 3.63) is 90.8 Å². The van der Waals surface area contributed by atoms with E-state index in [-0.39, 0.29) is 0 Å². The molecule has 0 bridgehead atoms. The predicted octanol–water partition coefficient (Wildman–Crippen LogP) is 6.23. The fourth-order valence-electron chi connectivity index (χ4n) is 3.99. The minimum absolute atomic E-state index is 0.700. The Morgan fingerprint density at radius 2 is 1.53 bits per heavy atom. The zero-order valence-electron chi connectivity index (χ0n) is 19.0. The lowest BCUT2D eigenvalue weighted by Crippen LogP contribution is -2.34. The van der Waals surface area contributed by atoms with Gasteiger partial charge >= 0.3 is 0 Å². The molecule has 0 atom stereocenters. The number of rotatable bonds is 7. The van der Waals surface area contributed by atoms with Crippen LogP contribution in [0.2, 0.25) is 0 Å². The van der Waals surface area contributed by atoms with E-state index in [0.717, 1.165) is 59.0 Å². The molecule has 0 amide bonds. The van der Waals surface area contributed by atoms with E-state index in [1.165, 1.54) is 5.56 Å². The molecule has 170 valence electrons. The van der Waals surface area contributed by atoms with Gasteiger partial charge in [-0.25, -0.2) is 9.97 Å². The molecule has 0 aliphatic heterocycles. The van der Waals surface area contributed by atoms with Crippen molar-refractivity contribution in [3.63, 3.8) is 0 Å². The monoisotopic (exact) mass is 466 g/mol. The van der Waals surface area contributed by atoms with Crippen molar-refractivity contribution in [2.24, 2.45) is 0 Å². The molecule has 0 saturated heterocycles. The zero-order chi connectivity index (χ0) is 23.3. The van der Waals surface area contributed by atoms with Crippen molar-refractivity contribution in [3.8, 4) is 22.8 Å². The molecule has 0 radical (unpaired) electrons. The van der Waals surface area contributed by atoms with Crippen LogP contribution in [-0.4, -0.2) is 36.5 Å². The van der Waals surface area contributed by atoms with Gasteiger partial charge in [-0.1, -0.05) is 37.3 Å². The Hall–Kier alpha value is -3.97. The molecule has 3 heterocycles. The van der Waals surface area contributed by atoms with E-state index in [1.54, 1.807) is 0 Å². The molecule has 3 aromatic heterocycles. The maximum absolute atomic E-state index is 5.78. The lowest BCUT2D eigenvalue weighted by molar-refractivity contribution is 0.418. The van der Waals surface area contributed by atoms with Crippen molar-refractivity contribution in [1.29, 1.82) is 0 Å². The van der Waals surface area contributed by atoms with Crippen LogP contribution in [-0.2, 0) is 6.54 Å². The number of hydrogen-bond acceptors (Lipinski definition) is 3. The number of aromatic amines is 2. The summed E-state index contributed by atoms with van der Waals surface area (Å²) in [5.41, 5.74) is 7.22. The van der Waals surface area contributed by atoms with Gasteiger partial charge in [0.25, 0.3) is 0 Å². The van der Waals surface area contributed by atoms with Crippen molar-refractivity contribution >= 4 is 34.1 Å². The standard InChI is InChI=1S/C27H26N6S/c1-2-16-33(18-19-8-4-3-5-9-19)27(34)30-20-12-13-21-24(17-20)32-26(23-11-7-15-29-23)25(31-21)22-10-6-14-28-22/h3-15,17,28-29H,2,16,18H2,1H3,(H,30,34). The Kier molecular flexibility index (Phi) is 6.35. The Morgan fingerprint density at radius 1 is 0.853 bits per heavy atom. The maximum atomic E-state index is 5.78. The first kappa shape index (κ1) is 21.9. The summed E-state index contributed by atoms with van der Waals surface area (Å²) < 4.78 is 0. The van der Waals surface area contributed by atoms with Crippen LogP contribution in [0.1, 0.15) is 18.9 Å². The van der Waals surface area contributed by atoms with Gasteiger partial charge in [-0.05, 0) is 66.7 Å². The van der Waals surface area contributed by atoms with Gasteiger partial charge in [-0.3, -0.25) is 0 Å². The van der Waals surface area contributed by atoms with Crippen LogP contribution in [0.3, 0.4) is 0 Å². The van der Waals surface area contributed by atoms with E-state index >= 15 is 0 Å². The van der Waals surface area contributed by atoms with E-state index in [2.05, 4.69) is 51.4 Å². The van der Waals surface area contributed by atoms with Crippen LogP contribution in [0.15, 0.2) is 85.2 Å². The number of thiocarbonyl (C=S) groups is 1. The number of H-pyrrole nitrogens is 2. The highest BCUT2D eigenvalue weighted by Crippen LogP contribution is 2.30. The number of aromatic nitrogens is 4. The van der Waals surface area contributed by atoms with E-state index in [9.17, 15) is 0 Å².